The summed E-state index contributed by atoms with van der Waals surface area (Å²) in [6.07, 6.45) is -7.11. The molecule has 1 aliphatic rings. The van der Waals surface area contributed by atoms with E-state index >= 15 is 0 Å². The monoisotopic (exact) mass is 329 g/mol. The van der Waals surface area contributed by atoms with Gasteiger partial charge in [-0.2, -0.15) is 9.67 Å². The third-order valence-corrected chi connectivity index (χ3v) is 3.61. The Balaban J connectivity index is 2.08. The van der Waals surface area contributed by atoms with Crippen LogP contribution in [-0.2, 0) is 4.74 Å². The number of fused-ring (bicyclic) bond motifs is 1. The van der Waals surface area contributed by atoms with Gasteiger partial charge in [0.25, 0.3) is 11.6 Å². The third-order valence-electron chi connectivity index (χ3n) is 3.61. The summed E-state index contributed by atoms with van der Waals surface area (Å²) in [5.74, 6) is 0. The largest absolute Gasteiger partial charge is 0.468 e. The van der Waals surface area contributed by atoms with E-state index in [9.17, 15) is 25.2 Å². The maximum atomic E-state index is 11.8. The molecule has 5 N–H and O–H groups in total. The molecule has 2 aromatic heterocycles. The molecule has 0 aliphatic carbocycles. The van der Waals surface area contributed by atoms with Crippen molar-refractivity contribution in [2.75, 3.05) is 13.7 Å². The molecule has 0 radical (unpaired) electrons. The molecule has 3 heterocycles. The van der Waals surface area contributed by atoms with Crippen LogP contribution in [0.25, 0.3) is 11.2 Å². The third kappa shape index (κ3) is 2.46. The van der Waals surface area contributed by atoms with Gasteiger partial charge < -0.3 is 29.9 Å². The van der Waals surface area contributed by atoms with Crippen LogP contribution in [0.1, 0.15) is 6.23 Å². The zero-order valence-electron chi connectivity index (χ0n) is 11.9. The molecule has 5 atom stereocenters. The number of nitrogens with one attached hydrogen (secondary N) is 1. The zero-order valence-corrected chi connectivity index (χ0v) is 11.9. The molecule has 0 bridgehead atoms. The average molecular weight is 329 g/mol. The van der Waals surface area contributed by atoms with Gasteiger partial charge in [0.1, 0.15) is 24.4 Å². The van der Waals surface area contributed by atoms with Gasteiger partial charge in [0.05, 0.1) is 13.7 Å². The summed E-state index contributed by atoms with van der Waals surface area (Å²) in [7, 11) is 1.30. The van der Waals surface area contributed by atoms with Crippen molar-refractivity contribution in [1.29, 1.82) is 0 Å². The molecule has 23 heavy (non-hydrogen) atoms. The predicted molar refractivity (Wildman–Crippen MR) is 71.5 cm³/mol. The van der Waals surface area contributed by atoms with Gasteiger partial charge in [-0.3, -0.25) is 9.78 Å². The SMILES string of the molecule is COc1nc2c(nnn2C2OC(CO)C(O)C(O)C2O)c(=O)[nH]1. The Kier molecular flexibility index (Phi) is 3.99. The summed E-state index contributed by atoms with van der Waals surface area (Å²) in [5.41, 5.74) is -0.777. The van der Waals surface area contributed by atoms with E-state index in [1.165, 1.54) is 7.11 Å². The average Bonchev–Trinajstić information content (AvgIpc) is 2.97. The molecule has 12 heteroatoms. The van der Waals surface area contributed by atoms with Crippen LogP contribution < -0.4 is 10.3 Å². The second-order valence-electron chi connectivity index (χ2n) is 5.00. The number of aliphatic hydroxyl groups is 4. The van der Waals surface area contributed by atoms with Gasteiger partial charge in [0.2, 0.25) is 0 Å². The first-order valence-corrected chi connectivity index (χ1v) is 6.67. The summed E-state index contributed by atoms with van der Waals surface area (Å²) >= 11 is 0. The second kappa shape index (κ2) is 5.82. The minimum atomic E-state index is -1.59. The summed E-state index contributed by atoms with van der Waals surface area (Å²) in [6.45, 7) is -0.592. The van der Waals surface area contributed by atoms with Gasteiger partial charge in [0, 0.05) is 0 Å². The Morgan fingerprint density at radius 2 is 2.04 bits per heavy atom. The number of hydrogen-bond donors (Lipinski definition) is 5. The Hall–Kier alpha value is -2.12. The Morgan fingerprint density at radius 3 is 2.70 bits per heavy atom. The lowest BCUT2D eigenvalue weighted by Crippen LogP contribution is -2.56. The van der Waals surface area contributed by atoms with Crippen molar-refractivity contribution in [2.24, 2.45) is 0 Å². The van der Waals surface area contributed by atoms with Crippen LogP contribution in [0.15, 0.2) is 4.79 Å². The lowest BCUT2D eigenvalue weighted by molar-refractivity contribution is -0.253. The van der Waals surface area contributed by atoms with Crippen molar-refractivity contribution in [1.82, 2.24) is 25.0 Å². The molecule has 1 fully saturated rings. The van der Waals surface area contributed by atoms with Gasteiger partial charge in [-0.05, 0) is 0 Å². The molecule has 0 saturated carbocycles. The molecule has 12 nitrogen and oxygen atoms in total. The fourth-order valence-corrected chi connectivity index (χ4v) is 2.37. The fourth-order valence-electron chi connectivity index (χ4n) is 2.37. The quantitative estimate of drug-likeness (QED) is 0.379. The van der Waals surface area contributed by atoms with Crippen molar-refractivity contribution in [3.05, 3.63) is 10.4 Å². The van der Waals surface area contributed by atoms with E-state index in [2.05, 4.69) is 20.3 Å². The van der Waals surface area contributed by atoms with Crippen LogP contribution in [0, 0.1) is 0 Å². The molecular formula is C11H15N5O7. The van der Waals surface area contributed by atoms with Crippen molar-refractivity contribution in [3.8, 4) is 6.01 Å². The Bertz CT molecular complexity index is 759. The van der Waals surface area contributed by atoms with Crippen molar-refractivity contribution in [2.45, 2.75) is 30.6 Å². The first-order chi connectivity index (χ1) is 11.0. The molecule has 1 saturated heterocycles. The van der Waals surface area contributed by atoms with Crippen LogP contribution in [0.5, 0.6) is 6.01 Å². The van der Waals surface area contributed by atoms with Crippen LogP contribution in [0.3, 0.4) is 0 Å². The number of methoxy groups -OCH3 is 1. The highest BCUT2D eigenvalue weighted by Crippen LogP contribution is 2.29. The molecule has 2 aromatic rings. The Morgan fingerprint density at radius 1 is 1.30 bits per heavy atom. The molecule has 1 aliphatic heterocycles. The lowest BCUT2D eigenvalue weighted by atomic mass is 9.98. The highest BCUT2D eigenvalue weighted by molar-refractivity contribution is 5.68. The number of nitrogens with zero attached hydrogens (tertiary/aromatic N) is 4. The number of aliphatic hydroxyl groups excluding tert-OH is 4. The van der Waals surface area contributed by atoms with E-state index in [0.29, 0.717) is 0 Å². The number of H-pyrrole nitrogens is 1. The molecule has 0 aromatic carbocycles. The van der Waals surface area contributed by atoms with E-state index < -0.39 is 42.8 Å². The zero-order chi connectivity index (χ0) is 16.7. The summed E-state index contributed by atoms with van der Waals surface area (Å²) < 4.78 is 11.2. The minimum Gasteiger partial charge on any atom is -0.468 e. The van der Waals surface area contributed by atoms with Gasteiger partial charge in [-0.15, -0.1) is 5.10 Å². The van der Waals surface area contributed by atoms with Crippen molar-refractivity contribution < 1.29 is 29.9 Å². The van der Waals surface area contributed by atoms with Crippen LogP contribution in [-0.4, -0.2) is 83.5 Å². The maximum absolute atomic E-state index is 11.8. The number of rotatable bonds is 3. The minimum absolute atomic E-state index is 0.0464. The first kappa shape index (κ1) is 15.8. The lowest BCUT2D eigenvalue weighted by Gasteiger charge is -2.39. The number of hydrogen-bond acceptors (Lipinski definition) is 10. The topological polar surface area (TPSA) is 176 Å². The van der Waals surface area contributed by atoms with Crippen molar-refractivity contribution >= 4 is 11.2 Å². The molecule has 126 valence electrons. The maximum Gasteiger partial charge on any atom is 0.298 e. The summed E-state index contributed by atoms with van der Waals surface area (Å²) in [6, 6.07) is -0.101. The highest BCUT2D eigenvalue weighted by atomic mass is 16.6. The van der Waals surface area contributed by atoms with Gasteiger partial charge >= 0.3 is 0 Å². The highest BCUT2D eigenvalue weighted by Gasteiger charge is 2.45. The number of ether oxygens (including phenoxy) is 2. The first-order valence-electron chi connectivity index (χ1n) is 6.67. The molecule has 0 amide bonds. The van der Waals surface area contributed by atoms with E-state index in [1.807, 2.05) is 0 Å². The van der Waals surface area contributed by atoms with Gasteiger partial charge in [0.15, 0.2) is 17.4 Å². The number of aromatic amines is 1. The molecular weight excluding hydrogens is 314 g/mol. The van der Waals surface area contributed by atoms with E-state index in [4.69, 9.17) is 9.47 Å². The molecule has 0 spiro atoms. The van der Waals surface area contributed by atoms with Gasteiger partial charge in [-0.25, -0.2) is 0 Å². The fraction of sp³-hybridized carbons (Fsp3) is 0.636. The van der Waals surface area contributed by atoms with Gasteiger partial charge in [-0.1, -0.05) is 5.21 Å². The summed E-state index contributed by atoms with van der Waals surface area (Å²) in [5, 5.41) is 46.3. The van der Waals surface area contributed by atoms with Crippen LogP contribution in [0.4, 0.5) is 0 Å². The summed E-state index contributed by atoms with van der Waals surface area (Å²) in [4.78, 5) is 18.2. The molecule has 5 unspecified atom stereocenters. The Labute approximate surface area is 127 Å². The second-order valence-corrected chi connectivity index (χ2v) is 5.00. The van der Waals surface area contributed by atoms with Crippen LogP contribution in [0.2, 0.25) is 0 Å². The predicted octanol–water partition coefficient (Wildman–Crippen LogP) is -3.50. The van der Waals surface area contributed by atoms with Crippen molar-refractivity contribution in [3.63, 3.8) is 0 Å². The smallest absolute Gasteiger partial charge is 0.298 e. The van der Waals surface area contributed by atoms with E-state index in [0.717, 1.165) is 4.68 Å². The van der Waals surface area contributed by atoms with E-state index in [-0.39, 0.29) is 17.2 Å². The van der Waals surface area contributed by atoms with Crippen LogP contribution >= 0.6 is 0 Å². The molecule has 3 rings (SSSR count). The normalized spacial score (nSPS) is 31.4. The van der Waals surface area contributed by atoms with E-state index in [1.54, 1.807) is 0 Å². The number of aromatic nitrogens is 5. The standard InChI is InChI=1S/C11H15N5O7/c1-22-11-12-8-4(9(21)13-11)14-15-16(8)10-7(20)6(19)5(18)3(2-17)23-10/h3,5-7,10,17-20H,2H2,1H3,(H,12,13,21).